The van der Waals surface area contributed by atoms with Crippen LogP contribution in [0.1, 0.15) is 24.3 Å². The second kappa shape index (κ2) is 11.5. The number of hydrogen-bond donors (Lipinski definition) is 7. The number of aliphatic hydroxyl groups is 3. The summed E-state index contributed by atoms with van der Waals surface area (Å²) in [5, 5.41) is 32.4. The highest BCUT2D eigenvalue weighted by atomic mass is 31.3. The molecule has 4 unspecified atom stereocenters. The van der Waals surface area contributed by atoms with Gasteiger partial charge in [-0.05, 0) is 17.2 Å². The Bertz CT molecular complexity index is 1360. The smallest absolute Gasteiger partial charge is 0.392 e. The molecule has 0 spiro atoms. The molecule has 2 aromatic rings. The number of rotatable bonds is 10. The Hall–Kier alpha value is -2.49. The fourth-order valence-electron chi connectivity index (χ4n) is 3.58. The first-order valence-electron chi connectivity index (χ1n) is 10.6. The first-order valence-corrected chi connectivity index (χ1v) is 13.8. The number of carbonyl (C=O) groups is 1. The van der Waals surface area contributed by atoms with E-state index >= 15 is 0 Å². The number of aliphatic hydroxyl groups excluding tert-OH is 3. The zero-order chi connectivity index (χ0) is 27.5. The molecule has 18 heteroatoms. The van der Waals surface area contributed by atoms with Gasteiger partial charge in [-0.3, -0.25) is 28.2 Å². The lowest BCUT2D eigenvalue weighted by Crippen LogP contribution is -2.37. The molecule has 0 saturated carbocycles. The van der Waals surface area contributed by atoms with Gasteiger partial charge < -0.3 is 35.2 Å². The number of carbonyl (C=O) groups excluding carboxylic acids is 1. The van der Waals surface area contributed by atoms with E-state index in [2.05, 4.69) is 14.2 Å². The van der Waals surface area contributed by atoms with Crippen molar-refractivity contribution in [2.75, 3.05) is 11.9 Å². The molecule has 0 bridgehead atoms. The second-order valence-electron chi connectivity index (χ2n) is 7.99. The molecule has 16 nitrogen and oxygen atoms in total. The van der Waals surface area contributed by atoms with E-state index in [9.17, 15) is 48.6 Å². The maximum Gasteiger partial charge on any atom is 0.479 e. The normalized spacial score (nSPS) is 24.8. The third kappa shape index (κ3) is 7.30. The van der Waals surface area contributed by atoms with Crippen molar-refractivity contribution in [1.29, 1.82) is 0 Å². The van der Waals surface area contributed by atoms with E-state index in [1.165, 1.54) is 25.1 Å². The number of benzene rings is 1. The fourth-order valence-corrected chi connectivity index (χ4v) is 6.40. The minimum atomic E-state index is -5.28. The molecule has 0 radical (unpaired) electrons. The average molecular weight is 565 g/mol. The number of H-pyrrole nitrogens is 1. The number of phosphoric acid groups is 1. The molecule has 1 saturated heterocycles. The van der Waals surface area contributed by atoms with Gasteiger partial charge in [-0.15, -0.1) is 0 Å². The lowest BCUT2D eigenvalue weighted by molar-refractivity contribution is -0.114. The van der Waals surface area contributed by atoms with Crippen LogP contribution in [0.15, 0.2) is 40.1 Å². The molecule has 3 rings (SSSR count). The van der Waals surface area contributed by atoms with E-state index in [-0.39, 0.29) is 16.8 Å². The molecule has 2 heterocycles. The molecular weight excluding hydrogens is 540 g/mol. The number of amides is 1. The largest absolute Gasteiger partial charge is 0.479 e. The zero-order valence-corrected chi connectivity index (χ0v) is 21.0. The monoisotopic (exact) mass is 565 g/mol. The van der Waals surface area contributed by atoms with Gasteiger partial charge in [0, 0.05) is 24.9 Å². The van der Waals surface area contributed by atoms with Crippen LogP contribution in [-0.4, -0.2) is 65.5 Å². The maximum atomic E-state index is 12.7. The molecule has 37 heavy (non-hydrogen) atoms. The van der Waals surface area contributed by atoms with Crippen LogP contribution in [0.4, 0.5) is 5.69 Å². The van der Waals surface area contributed by atoms with E-state index in [1.54, 1.807) is 0 Å². The van der Waals surface area contributed by atoms with Crippen LogP contribution in [0, 0.1) is 0 Å². The molecule has 1 aliphatic heterocycles. The maximum absolute atomic E-state index is 12.7. The van der Waals surface area contributed by atoms with Gasteiger partial charge in [0.25, 0.3) is 5.56 Å². The highest BCUT2D eigenvalue weighted by Crippen LogP contribution is 2.62. The van der Waals surface area contributed by atoms with Gasteiger partial charge in [0.15, 0.2) is 6.23 Å². The van der Waals surface area contributed by atoms with Crippen LogP contribution in [0.25, 0.3) is 0 Å². The van der Waals surface area contributed by atoms with Gasteiger partial charge in [-0.2, -0.15) is 0 Å². The van der Waals surface area contributed by atoms with Crippen LogP contribution in [0.2, 0.25) is 0 Å². The molecule has 0 aliphatic carbocycles. The summed E-state index contributed by atoms with van der Waals surface area (Å²) in [5.41, 5.74) is -1.46. The van der Waals surface area contributed by atoms with Crippen molar-refractivity contribution in [3.05, 3.63) is 62.4 Å². The van der Waals surface area contributed by atoms with Crippen molar-refractivity contribution >= 4 is 27.0 Å². The van der Waals surface area contributed by atoms with Crippen LogP contribution < -0.4 is 16.6 Å². The molecule has 6 atom stereocenters. The number of nitrogens with zero attached hydrogens (tertiary/aromatic N) is 1. The van der Waals surface area contributed by atoms with E-state index in [0.29, 0.717) is 0 Å². The van der Waals surface area contributed by atoms with Gasteiger partial charge in [-0.25, -0.2) is 13.7 Å². The zero-order valence-electron chi connectivity index (χ0n) is 19.2. The third-order valence-corrected chi connectivity index (χ3v) is 8.24. The minimum absolute atomic E-state index is 0.0158. The SMILES string of the molecule is CC(=O)Nc1cccc(CO)c1CP(=O)(O)OP(=O)(O)OC[C@H]1O[C@@H](n2ccc(=O)[nH]c2=O)C(O)C1O. The van der Waals surface area contributed by atoms with Crippen molar-refractivity contribution in [2.45, 2.75) is 44.2 Å². The van der Waals surface area contributed by atoms with Crippen molar-refractivity contribution < 1.29 is 52.6 Å². The van der Waals surface area contributed by atoms with Crippen molar-refractivity contribution in [3.8, 4) is 0 Å². The Morgan fingerprint density at radius 1 is 1.19 bits per heavy atom. The molecule has 1 aromatic carbocycles. The Kier molecular flexibility index (Phi) is 9.03. The number of ether oxygens (including phenoxy) is 1. The van der Waals surface area contributed by atoms with Crippen LogP contribution >= 0.6 is 15.4 Å². The standard InChI is InChI=1S/C19H25N3O13P2/c1-10(24)20-13-4-2-3-11(7-23)12(13)9-36(29,30)35-37(31,32)33-8-14-16(26)17(27)18(34-14)22-6-5-15(25)21-19(22)28/h2-6,14,16-18,23,26-27H,7-9H2,1H3,(H,20,24)(H,29,30)(H,31,32)(H,21,25,28)/t14-,16?,17?,18-/m1/s1. The lowest BCUT2D eigenvalue weighted by atomic mass is 10.1. The summed E-state index contributed by atoms with van der Waals surface area (Å²) >= 11 is 0. The third-order valence-electron chi connectivity index (χ3n) is 5.21. The summed E-state index contributed by atoms with van der Waals surface area (Å²) in [5.74, 6) is -0.513. The molecule has 1 aromatic heterocycles. The number of nitrogens with one attached hydrogen (secondary N) is 2. The van der Waals surface area contributed by atoms with Gasteiger partial charge in [-0.1, -0.05) is 12.1 Å². The Labute approximate surface area is 208 Å². The summed E-state index contributed by atoms with van der Waals surface area (Å²) in [6.45, 7) is -0.297. The number of phosphoric ester groups is 1. The summed E-state index contributed by atoms with van der Waals surface area (Å²) in [7, 11) is -10.2. The molecule has 1 fully saturated rings. The van der Waals surface area contributed by atoms with Gasteiger partial charge in [0.05, 0.1) is 19.4 Å². The highest BCUT2D eigenvalue weighted by molar-refractivity contribution is 7.63. The molecule has 1 amide bonds. The Morgan fingerprint density at radius 2 is 1.89 bits per heavy atom. The lowest BCUT2D eigenvalue weighted by Gasteiger charge is -2.21. The van der Waals surface area contributed by atoms with Crippen molar-refractivity contribution in [3.63, 3.8) is 0 Å². The Balaban J connectivity index is 1.69. The topological polar surface area (TPSA) is 247 Å². The first-order chi connectivity index (χ1) is 17.2. The number of aromatic nitrogens is 2. The second-order valence-corrected chi connectivity index (χ2v) is 11.4. The van der Waals surface area contributed by atoms with Crippen molar-refractivity contribution in [1.82, 2.24) is 9.55 Å². The first kappa shape index (κ1) is 29.1. The quantitative estimate of drug-likeness (QED) is 0.173. The summed E-state index contributed by atoms with van der Waals surface area (Å²) in [4.78, 5) is 56.8. The van der Waals surface area contributed by atoms with Gasteiger partial charge in [0.2, 0.25) is 5.91 Å². The fraction of sp³-hybridized carbons (Fsp3) is 0.421. The van der Waals surface area contributed by atoms with Gasteiger partial charge >= 0.3 is 21.1 Å². The predicted octanol–water partition coefficient (Wildman–Crippen LogP) is -0.874. The summed E-state index contributed by atoms with van der Waals surface area (Å²) < 4.78 is 40.3. The molecular formula is C19H25N3O13P2. The summed E-state index contributed by atoms with van der Waals surface area (Å²) in [6.07, 6.45) is -6.28. The Morgan fingerprint density at radius 3 is 2.51 bits per heavy atom. The van der Waals surface area contributed by atoms with E-state index in [4.69, 9.17) is 4.74 Å². The number of anilines is 1. The van der Waals surface area contributed by atoms with Crippen molar-refractivity contribution in [2.24, 2.45) is 0 Å². The van der Waals surface area contributed by atoms with Crippen LogP contribution in [0.5, 0.6) is 0 Å². The number of hydrogen-bond acceptors (Lipinski definition) is 11. The van der Waals surface area contributed by atoms with E-state index in [0.717, 1.165) is 16.8 Å². The summed E-state index contributed by atoms with van der Waals surface area (Å²) in [6, 6.07) is 5.23. The van der Waals surface area contributed by atoms with E-state index < -0.39 is 76.5 Å². The molecule has 204 valence electrons. The van der Waals surface area contributed by atoms with Gasteiger partial charge in [0.1, 0.15) is 18.3 Å². The van der Waals surface area contributed by atoms with Crippen LogP contribution in [0.3, 0.4) is 0 Å². The number of aromatic amines is 1. The predicted molar refractivity (Wildman–Crippen MR) is 124 cm³/mol. The molecule has 1 aliphatic rings. The molecule has 7 N–H and O–H groups in total. The average Bonchev–Trinajstić information content (AvgIpc) is 3.06. The van der Waals surface area contributed by atoms with Crippen LogP contribution in [-0.2, 0) is 40.3 Å². The highest BCUT2D eigenvalue weighted by Gasteiger charge is 2.46. The van der Waals surface area contributed by atoms with E-state index in [1.807, 2.05) is 4.98 Å². The minimum Gasteiger partial charge on any atom is -0.392 e.